The minimum absolute atomic E-state index is 0.0707. The summed E-state index contributed by atoms with van der Waals surface area (Å²) < 4.78 is 3.15. The standard InChI is InChI=1S/C39H36N10O6/c1-2-15-47-36(53)28-21-40-39(44-34(28)49(47)31-13-4-22-3-12-30(50)33(22)42-31)41-23-5-7-24(8-6-23)45-16-18-46(19-17-45)25-9-10-26-27(20-25)38(55)48(37(26)54)29-11-14-32(51)43-35(29)52/h2,4-10,13,20-21,29-30,50H,1,3,11-12,14-19H2,(H,40,41,44)(H,43,51,52). The molecule has 3 aromatic heterocycles. The number of carbonyl (C=O) groups is 4. The lowest BCUT2D eigenvalue weighted by Gasteiger charge is -2.37. The van der Waals surface area contributed by atoms with E-state index < -0.39 is 35.8 Å². The fourth-order valence-corrected chi connectivity index (χ4v) is 7.91. The molecule has 0 bridgehead atoms. The lowest BCUT2D eigenvalue weighted by molar-refractivity contribution is -0.136. The van der Waals surface area contributed by atoms with E-state index in [4.69, 9.17) is 9.97 Å². The van der Waals surface area contributed by atoms with Crippen LogP contribution in [-0.2, 0) is 22.6 Å². The number of benzene rings is 2. The van der Waals surface area contributed by atoms with Gasteiger partial charge in [-0.2, -0.15) is 4.98 Å². The number of rotatable bonds is 8. The summed E-state index contributed by atoms with van der Waals surface area (Å²) in [6.07, 6.45) is 4.03. The summed E-state index contributed by atoms with van der Waals surface area (Å²) in [5.41, 5.74) is 4.82. The molecule has 6 heterocycles. The monoisotopic (exact) mass is 740 g/mol. The molecule has 4 amide bonds. The second-order valence-electron chi connectivity index (χ2n) is 14.0. The molecular weight excluding hydrogens is 704 g/mol. The Hall–Kier alpha value is -6.68. The number of pyridine rings is 1. The second-order valence-corrected chi connectivity index (χ2v) is 14.0. The first kappa shape index (κ1) is 34.1. The Labute approximate surface area is 313 Å². The summed E-state index contributed by atoms with van der Waals surface area (Å²) in [6.45, 7) is 6.82. The van der Waals surface area contributed by atoms with Crippen molar-refractivity contribution < 1.29 is 24.3 Å². The van der Waals surface area contributed by atoms with Crippen molar-refractivity contribution in [2.45, 2.75) is 44.4 Å². The number of piperazine rings is 1. The van der Waals surface area contributed by atoms with Crippen molar-refractivity contribution >= 4 is 57.7 Å². The maximum Gasteiger partial charge on any atom is 0.278 e. The Kier molecular flexibility index (Phi) is 8.26. The molecule has 55 heavy (non-hydrogen) atoms. The molecule has 3 N–H and O–H groups in total. The summed E-state index contributed by atoms with van der Waals surface area (Å²) in [4.78, 5) is 83.2. The van der Waals surface area contributed by atoms with Crippen LogP contribution in [0.25, 0.3) is 16.9 Å². The number of anilines is 4. The molecule has 2 aromatic carbocycles. The first-order valence-electron chi connectivity index (χ1n) is 18.2. The van der Waals surface area contributed by atoms with Crippen LogP contribution < -0.4 is 26.0 Å². The number of aliphatic hydroxyl groups is 1. The highest BCUT2D eigenvalue weighted by Gasteiger charge is 2.45. The Morgan fingerprint density at radius 3 is 2.33 bits per heavy atom. The average Bonchev–Trinajstić information content (AvgIpc) is 3.79. The number of hydrogen-bond acceptors (Lipinski definition) is 12. The Morgan fingerprint density at radius 1 is 0.855 bits per heavy atom. The maximum atomic E-state index is 13.4. The topological polar surface area (TPSA) is 188 Å². The third-order valence-electron chi connectivity index (χ3n) is 10.8. The van der Waals surface area contributed by atoms with Gasteiger partial charge in [0.15, 0.2) is 11.5 Å². The van der Waals surface area contributed by atoms with E-state index in [-0.39, 0.29) is 36.1 Å². The van der Waals surface area contributed by atoms with Gasteiger partial charge in [-0.05, 0) is 73.4 Å². The van der Waals surface area contributed by atoms with Gasteiger partial charge in [-0.3, -0.25) is 34.2 Å². The van der Waals surface area contributed by atoms with Gasteiger partial charge < -0.3 is 20.2 Å². The number of carbonyl (C=O) groups excluding carboxylic acids is 4. The summed E-state index contributed by atoms with van der Waals surface area (Å²) >= 11 is 0. The zero-order valence-corrected chi connectivity index (χ0v) is 29.6. The normalized spacial score (nSPS) is 19.5. The number of nitrogens with zero attached hydrogens (tertiary/aromatic N) is 8. The van der Waals surface area contributed by atoms with Crippen molar-refractivity contribution in [1.82, 2.24) is 34.5 Å². The molecule has 0 radical (unpaired) electrons. The van der Waals surface area contributed by atoms with Crippen molar-refractivity contribution in [2.75, 3.05) is 41.3 Å². The van der Waals surface area contributed by atoms with Crippen LogP contribution in [0.15, 0.2) is 78.2 Å². The fraction of sp³-hybridized carbons (Fsp3) is 0.282. The minimum Gasteiger partial charge on any atom is -0.387 e. The fourth-order valence-electron chi connectivity index (χ4n) is 7.91. The number of aryl methyl sites for hydroxylation is 1. The number of amides is 4. The van der Waals surface area contributed by atoms with E-state index >= 15 is 0 Å². The molecule has 16 heteroatoms. The molecule has 4 aliphatic rings. The summed E-state index contributed by atoms with van der Waals surface area (Å²) in [7, 11) is 0. The molecule has 2 atom stereocenters. The van der Waals surface area contributed by atoms with Crippen LogP contribution in [0.2, 0.25) is 0 Å². The van der Waals surface area contributed by atoms with Crippen molar-refractivity contribution in [3.8, 4) is 5.82 Å². The van der Waals surface area contributed by atoms with Gasteiger partial charge in [0.1, 0.15) is 11.4 Å². The first-order valence-corrected chi connectivity index (χ1v) is 18.2. The molecule has 278 valence electrons. The van der Waals surface area contributed by atoms with E-state index in [2.05, 4.69) is 32.0 Å². The molecule has 0 spiro atoms. The lowest BCUT2D eigenvalue weighted by atomic mass is 10.0. The van der Waals surface area contributed by atoms with Gasteiger partial charge in [-0.1, -0.05) is 12.1 Å². The largest absolute Gasteiger partial charge is 0.387 e. The highest BCUT2D eigenvalue weighted by Crippen LogP contribution is 2.33. The molecule has 3 aliphatic heterocycles. The SMILES string of the molecule is C=CCn1c(=O)c2cnc(Nc3ccc(N4CCN(c5ccc6c(c5)C(=O)N(C5CCC(=O)NC5=O)C6=O)CC4)cc3)nc2n1-c1ccc2c(n1)C(O)CC2. The molecule has 2 unspecified atom stereocenters. The number of aromatic nitrogens is 5. The van der Waals surface area contributed by atoms with Crippen LogP contribution in [0.1, 0.15) is 57.3 Å². The van der Waals surface area contributed by atoms with E-state index in [1.165, 1.54) is 10.9 Å². The average molecular weight is 741 g/mol. The molecule has 5 aromatic rings. The third kappa shape index (κ3) is 5.81. The van der Waals surface area contributed by atoms with Gasteiger partial charge in [0.25, 0.3) is 17.4 Å². The van der Waals surface area contributed by atoms with Crippen LogP contribution in [0.5, 0.6) is 0 Å². The van der Waals surface area contributed by atoms with Crippen LogP contribution in [0.3, 0.4) is 0 Å². The Morgan fingerprint density at radius 2 is 1.58 bits per heavy atom. The van der Waals surface area contributed by atoms with E-state index in [9.17, 15) is 29.1 Å². The van der Waals surface area contributed by atoms with Gasteiger partial charge in [0.05, 0.1) is 29.5 Å². The number of nitrogens with one attached hydrogen (secondary N) is 2. The van der Waals surface area contributed by atoms with Gasteiger partial charge in [-0.15, -0.1) is 6.58 Å². The smallest absolute Gasteiger partial charge is 0.278 e. The number of fused-ring (bicyclic) bond motifs is 3. The van der Waals surface area contributed by atoms with E-state index in [1.807, 2.05) is 42.5 Å². The summed E-state index contributed by atoms with van der Waals surface area (Å²) in [5, 5.41) is 16.3. The third-order valence-corrected chi connectivity index (χ3v) is 10.8. The highest BCUT2D eigenvalue weighted by molar-refractivity contribution is 6.23. The first-order chi connectivity index (χ1) is 26.7. The van der Waals surface area contributed by atoms with Crippen LogP contribution >= 0.6 is 0 Å². The van der Waals surface area contributed by atoms with Crippen LogP contribution in [-0.4, -0.2) is 90.2 Å². The van der Waals surface area contributed by atoms with Crippen molar-refractivity contribution in [1.29, 1.82) is 0 Å². The van der Waals surface area contributed by atoms with Gasteiger partial charge in [0.2, 0.25) is 17.8 Å². The number of aliphatic hydroxyl groups excluding tert-OH is 1. The zero-order valence-electron chi connectivity index (χ0n) is 29.6. The molecule has 2 saturated heterocycles. The molecule has 2 fully saturated rings. The molecule has 16 nitrogen and oxygen atoms in total. The second kappa shape index (κ2) is 13.3. The van der Waals surface area contributed by atoms with Crippen molar-refractivity contribution in [2.24, 2.45) is 0 Å². The quantitative estimate of drug-likeness (QED) is 0.156. The number of imide groups is 2. The Balaban J connectivity index is 0.881. The molecule has 0 saturated carbocycles. The minimum atomic E-state index is -1.00. The molecular formula is C39H36N10O6. The highest BCUT2D eigenvalue weighted by atomic mass is 16.3. The summed E-state index contributed by atoms with van der Waals surface area (Å²) in [6, 6.07) is 15.8. The number of allylic oxidation sites excluding steroid dienone is 1. The van der Waals surface area contributed by atoms with Gasteiger partial charge in [0, 0.05) is 55.9 Å². The van der Waals surface area contributed by atoms with E-state index in [0.29, 0.717) is 61.1 Å². The molecule has 1 aliphatic carbocycles. The van der Waals surface area contributed by atoms with Crippen LogP contribution in [0.4, 0.5) is 23.0 Å². The van der Waals surface area contributed by atoms with Crippen LogP contribution in [0, 0.1) is 0 Å². The number of piperidine rings is 1. The van der Waals surface area contributed by atoms with Crippen molar-refractivity contribution in [3.05, 3.63) is 106 Å². The predicted molar refractivity (Wildman–Crippen MR) is 202 cm³/mol. The van der Waals surface area contributed by atoms with Crippen molar-refractivity contribution in [3.63, 3.8) is 0 Å². The van der Waals surface area contributed by atoms with E-state index in [0.717, 1.165) is 33.9 Å². The predicted octanol–water partition coefficient (Wildman–Crippen LogP) is 2.61. The van der Waals surface area contributed by atoms with Gasteiger partial charge >= 0.3 is 0 Å². The van der Waals surface area contributed by atoms with E-state index in [1.54, 1.807) is 22.9 Å². The maximum absolute atomic E-state index is 13.4. The Bertz CT molecular complexity index is 2500. The summed E-state index contributed by atoms with van der Waals surface area (Å²) in [5.74, 6) is -1.31. The zero-order chi connectivity index (χ0) is 38.0. The molecule has 9 rings (SSSR count). The number of hydrogen-bond donors (Lipinski definition) is 3. The lowest BCUT2D eigenvalue weighted by Crippen LogP contribution is -2.54. The van der Waals surface area contributed by atoms with Gasteiger partial charge in [-0.25, -0.2) is 19.3 Å².